The molecule has 1 aromatic carbocycles. The van der Waals surface area contributed by atoms with E-state index >= 15 is 0 Å². The van der Waals surface area contributed by atoms with Gasteiger partial charge in [0, 0.05) is 6.04 Å². The molecule has 0 aliphatic carbocycles. The summed E-state index contributed by atoms with van der Waals surface area (Å²) in [7, 11) is 1.67. The first-order chi connectivity index (χ1) is 9.02. The maximum atomic E-state index is 13.2. The molecule has 0 amide bonds. The Morgan fingerprint density at radius 3 is 2.63 bits per heavy atom. The second-order valence-electron chi connectivity index (χ2n) is 4.61. The predicted molar refractivity (Wildman–Crippen MR) is 70.9 cm³/mol. The summed E-state index contributed by atoms with van der Waals surface area (Å²) in [6.45, 7) is 3.02. The molecule has 1 atom stereocenters. The molecule has 0 saturated carbocycles. The van der Waals surface area contributed by atoms with E-state index in [0.717, 1.165) is 12.1 Å². The topological polar surface area (TPSA) is 15.3 Å². The van der Waals surface area contributed by atoms with Gasteiger partial charge in [-0.25, -0.2) is 13.2 Å². The van der Waals surface area contributed by atoms with Crippen molar-refractivity contribution in [2.45, 2.75) is 25.8 Å². The molecule has 1 rings (SSSR count). The molecule has 0 aromatic heterocycles. The van der Waals surface area contributed by atoms with Crippen LogP contribution in [0.25, 0.3) is 0 Å². The largest absolute Gasteiger partial charge is 0.310 e. The fourth-order valence-corrected chi connectivity index (χ4v) is 2.03. The molecule has 5 heteroatoms. The summed E-state index contributed by atoms with van der Waals surface area (Å²) in [4.78, 5) is 1.59. The number of benzene rings is 1. The van der Waals surface area contributed by atoms with Crippen LogP contribution in [0, 0.1) is 5.82 Å². The molecule has 1 unspecified atom stereocenters. The van der Waals surface area contributed by atoms with Gasteiger partial charge in [0.1, 0.15) is 5.82 Å². The molecule has 19 heavy (non-hydrogen) atoms. The first-order valence-corrected chi connectivity index (χ1v) is 6.48. The van der Waals surface area contributed by atoms with Crippen molar-refractivity contribution in [2.75, 3.05) is 26.7 Å². The van der Waals surface area contributed by atoms with E-state index in [4.69, 9.17) is 0 Å². The molecule has 0 bridgehead atoms. The minimum Gasteiger partial charge on any atom is -0.310 e. The van der Waals surface area contributed by atoms with Crippen LogP contribution in [0.1, 0.15) is 24.9 Å². The predicted octanol–water partition coefficient (Wildman–Crippen LogP) is 3.06. The zero-order chi connectivity index (χ0) is 14.3. The summed E-state index contributed by atoms with van der Waals surface area (Å²) < 4.78 is 37.7. The van der Waals surface area contributed by atoms with Crippen molar-refractivity contribution in [1.29, 1.82) is 0 Å². The highest BCUT2D eigenvalue weighted by Crippen LogP contribution is 2.18. The molecule has 2 nitrogen and oxygen atoms in total. The highest BCUT2D eigenvalue weighted by molar-refractivity contribution is 5.20. The van der Waals surface area contributed by atoms with Crippen molar-refractivity contribution in [3.63, 3.8) is 0 Å². The third-order valence-electron chi connectivity index (χ3n) is 2.95. The number of nitrogens with one attached hydrogen (secondary N) is 1. The summed E-state index contributed by atoms with van der Waals surface area (Å²) in [5.74, 6) is -0.277. The molecule has 0 spiro atoms. The van der Waals surface area contributed by atoms with E-state index in [1.165, 1.54) is 12.1 Å². The second-order valence-corrected chi connectivity index (χ2v) is 4.61. The van der Waals surface area contributed by atoms with Crippen molar-refractivity contribution in [3.05, 3.63) is 35.6 Å². The Labute approximate surface area is 112 Å². The number of alkyl halides is 2. The molecule has 1 aromatic rings. The maximum absolute atomic E-state index is 13.2. The molecular weight excluding hydrogens is 253 g/mol. The van der Waals surface area contributed by atoms with E-state index in [2.05, 4.69) is 5.32 Å². The van der Waals surface area contributed by atoms with Crippen LogP contribution in [0.15, 0.2) is 24.3 Å². The lowest BCUT2D eigenvalue weighted by Crippen LogP contribution is -2.30. The van der Waals surface area contributed by atoms with Gasteiger partial charge in [-0.2, -0.15) is 0 Å². The van der Waals surface area contributed by atoms with Gasteiger partial charge in [0.15, 0.2) is 0 Å². The monoisotopic (exact) mass is 274 g/mol. The van der Waals surface area contributed by atoms with Gasteiger partial charge >= 0.3 is 0 Å². The highest BCUT2D eigenvalue weighted by Gasteiger charge is 2.13. The lowest BCUT2D eigenvalue weighted by Gasteiger charge is -2.22. The highest BCUT2D eigenvalue weighted by atomic mass is 19.3. The van der Waals surface area contributed by atoms with Crippen LogP contribution in [0.4, 0.5) is 13.2 Å². The average molecular weight is 274 g/mol. The minimum absolute atomic E-state index is 0.0131. The van der Waals surface area contributed by atoms with Crippen LogP contribution in [-0.4, -0.2) is 38.0 Å². The van der Waals surface area contributed by atoms with Gasteiger partial charge in [-0.05, 0) is 44.3 Å². The fraction of sp³-hybridized carbons (Fsp3) is 0.571. The van der Waals surface area contributed by atoms with Crippen LogP contribution in [0.2, 0.25) is 0 Å². The molecule has 1 N–H and O–H groups in total. The van der Waals surface area contributed by atoms with Crippen molar-refractivity contribution in [3.8, 4) is 0 Å². The molecule has 0 heterocycles. The second kappa shape index (κ2) is 8.17. The third-order valence-corrected chi connectivity index (χ3v) is 2.95. The summed E-state index contributed by atoms with van der Waals surface area (Å²) in [5, 5.41) is 3.25. The Hall–Kier alpha value is -1.07. The van der Waals surface area contributed by atoms with E-state index in [0.29, 0.717) is 13.0 Å². The Morgan fingerprint density at radius 2 is 2.05 bits per heavy atom. The SMILES string of the molecule is CCNC(CCN(C)CC(F)F)c1cccc(F)c1. The van der Waals surface area contributed by atoms with Gasteiger partial charge in [0.05, 0.1) is 6.54 Å². The van der Waals surface area contributed by atoms with Gasteiger partial charge in [0.25, 0.3) is 6.43 Å². The van der Waals surface area contributed by atoms with Crippen LogP contribution in [0.3, 0.4) is 0 Å². The molecule has 0 radical (unpaired) electrons. The van der Waals surface area contributed by atoms with Crippen LogP contribution < -0.4 is 5.32 Å². The lowest BCUT2D eigenvalue weighted by atomic mass is 10.0. The molecule has 0 fully saturated rings. The normalized spacial score (nSPS) is 13.2. The molecule has 0 aliphatic rings. The van der Waals surface area contributed by atoms with Gasteiger partial charge in [-0.1, -0.05) is 19.1 Å². The van der Waals surface area contributed by atoms with E-state index in [1.54, 1.807) is 18.0 Å². The number of nitrogens with zero attached hydrogens (tertiary/aromatic N) is 1. The first-order valence-electron chi connectivity index (χ1n) is 6.48. The van der Waals surface area contributed by atoms with Gasteiger partial charge in [0.2, 0.25) is 0 Å². The molecule has 108 valence electrons. The Balaban J connectivity index is 2.58. The summed E-state index contributed by atoms with van der Waals surface area (Å²) in [6.07, 6.45) is -1.66. The standard InChI is InChI=1S/C14H21F3N2/c1-3-18-13(7-8-19(2)10-14(16)17)11-5-4-6-12(15)9-11/h4-6,9,13-14,18H,3,7-8,10H2,1-2H3. The van der Waals surface area contributed by atoms with E-state index < -0.39 is 6.43 Å². The van der Waals surface area contributed by atoms with Gasteiger partial charge in [-0.3, -0.25) is 0 Å². The summed E-state index contributed by atoms with van der Waals surface area (Å²) in [6, 6.07) is 6.39. The summed E-state index contributed by atoms with van der Waals surface area (Å²) in [5.41, 5.74) is 0.854. The van der Waals surface area contributed by atoms with Gasteiger partial charge in [-0.15, -0.1) is 0 Å². The maximum Gasteiger partial charge on any atom is 0.251 e. The number of hydrogen-bond donors (Lipinski definition) is 1. The lowest BCUT2D eigenvalue weighted by molar-refractivity contribution is 0.0985. The van der Waals surface area contributed by atoms with E-state index in [1.807, 2.05) is 13.0 Å². The summed E-state index contributed by atoms with van der Waals surface area (Å²) >= 11 is 0. The Bertz CT molecular complexity index is 371. The first kappa shape index (κ1) is 16.0. The fourth-order valence-electron chi connectivity index (χ4n) is 2.03. The van der Waals surface area contributed by atoms with Crippen LogP contribution in [-0.2, 0) is 0 Å². The number of rotatable bonds is 8. The van der Waals surface area contributed by atoms with Crippen molar-refractivity contribution < 1.29 is 13.2 Å². The van der Waals surface area contributed by atoms with Crippen LogP contribution in [0.5, 0.6) is 0 Å². The molecule has 0 aliphatic heterocycles. The van der Waals surface area contributed by atoms with E-state index in [-0.39, 0.29) is 18.4 Å². The minimum atomic E-state index is -2.32. The molecule has 0 saturated heterocycles. The van der Waals surface area contributed by atoms with Crippen molar-refractivity contribution in [2.24, 2.45) is 0 Å². The zero-order valence-corrected chi connectivity index (χ0v) is 11.4. The number of halogens is 3. The van der Waals surface area contributed by atoms with E-state index in [9.17, 15) is 13.2 Å². The van der Waals surface area contributed by atoms with Gasteiger partial charge < -0.3 is 10.2 Å². The van der Waals surface area contributed by atoms with Crippen LogP contribution >= 0.6 is 0 Å². The Morgan fingerprint density at radius 1 is 1.32 bits per heavy atom. The van der Waals surface area contributed by atoms with Crippen molar-refractivity contribution >= 4 is 0 Å². The molecular formula is C14H21F3N2. The number of hydrogen-bond acceptors (Lipinski definition) is 2. The third kappa shape index (κ3) is 6.07. The quantitative estimate of drug-likeness (QED) is 0.783. The zero-order valence-electron chi connectivity index (χ0n) is 11.4. The Kier molecular flexibility index (Phi) is 6.87. The van der Waals surface area contributed by atoms with Crippen molar-refractivity contribution in [1.82, 2.24) is 10.2 Å². The smallest absolute Gasteiger partial charge is 0.251 e. The average Bonchev–Trinajstić information content (AvgIpc) is 2.33.